The zero-order valence-corrected chi connectivity index (χ0v) is 3.89. The van der Waals surface area contributed by atoms with Gasteiger partial charge < -0.3 is 0 Å². The molecule has 0 spiro atoms. The zero-order valence-electron chi connectivity index (χ0n) is 3.89. The average molecular weight is 101 g/mol. The Bertz CT molecular complexity index is 54.7. The van der Waals surface area contributed by atoms with E-state index in [2.05, 4.69) is 11.4 Å². The van der Waals surface area contributed by atoms with Gasteiger partial charge in [0.2, 0.25) is 6.41 Å². The lowest BCUT2D eigenvalue weighted by Gasteiger charge is -1.90. The quantitative estimate of drug-likeness (QED) is 0.231. The van der Waals surface area contributed by atoms with Crippen LogP contribution in [0.15, 0.2) is 12.7 Å². The van der Waals surface area contributed by atoms with Crippen molar-refractivity contribution in [2.75, 3.05) is 6.61 Å². The Labute approximate surface area is 41.9 Å². The fourth-order valence-electron chi connectivity index (χ4n) is 0.141. The summed E-state index contributed by atoms with van der Waals surface area (Å²) in [6, 6.07) is 0. The maximum Gasteiger partial charge on any atom is 0.230 e. The maximum atomic E-state index is 9.41. The molecule has 0 bridgehead atoms. The van der Waals surface area contributed by atoms with Gasteiger partial charge in [-0.15, -0.1) is 6.58 Å². The molecule has 0 saturated carbocycles. The van der Waals surface area contributed by atoms with Gasteiger partial charge in [0.25, 0.3) is 0 Å². The molecule has 1 amide bonds. The predicted octanol–water partition coefficient (Wildman–Crippen LogP) is -0.150. The van der Waals surface area contributed by atoms with Gasteiger partial charge in [-0.25, -0.2) is 5.48 Å². The second-order valence-electron chi connectivity index (χ2n) is 0.835. The van der Waals surface area contributed by atoms with E-state index < -0.39 is 0 Å². The molecular weight excluding hydrogens is 94.0 g/mol. The van der Waals surface area contributed by atoms with Gasteiger partial charge in [-0.3, -0.25) is 9.63 Å². The van der Waals surface area contributed by atoms with Crippen molar-refractivity contribution in [2.45, 2.75) is 0 Å². The Hall–Kier alpha value is -0.830. The van der Waals surface area contributed by atoms with Crippen LogP contribution in [0.1, 0.15) is 0 Å². The number of amides is 1. The highest BCUT2D eigenvalue weighted by molar-refractivity contribution is 5.43. The lowest BCUT2D eigenvalue weighted by Crippen LogP contribution is -2.10. The Kier molecular flexibility index (Phi) is 4.56. The number of nitrogens with one attached hydrogen (secondary N) is 1. The zero-order chi connectivity index (χ0) is 5.54. The van der Waals surface area contributed by atoms with Gasteiger partial charge in [-0.1, -0.05) is 6.08 Å². The third kappa shape index (κ3) is 5.17. The summed E-state index contributed by atoms with van der Waals surface area (Å²) in [5.74, 6) is 0. The molecule has 3 nitrogen and oxygen atoms in total. The first-order valence-corrected chi connectivity index (χ1v) is 1.83. The Morgan fingerprint density at radius 2 is 2.57 bits per heavy atom. The highest BCUT2D eigenvalue weighted by Gasteiger charge is 1.70. The number of carbonyl (C=O) groups is 1. The summed E-state index contributed by atoms with van der Waals surface area (Å²) in [6.07, 6.45) is 2.00. The van der Waals surface area contributed by atoms with Crippen molar-refractivity contribution in [1.29, 1.82) is 0 Å². The molecule has 0 atom stereocenters. The van der Waals surface area contributed by atoms with E-state index in [-0.39, 0.29) is 0 Å². The van der Waals surface area contributed by atoms with Gasteiger partial charge in [-0.05, 0) is 0 Å². The molecular formula is C4H7NO2. The number of carbonyl (C=O) groups excluding carboxylic acids is 1. The van der Waals surface area contributed by atoms with Gasteiger partial charge in [0.1, 0.15) is 0 Å². The number of rotatable bonds is 4. The molecule has 0 radical (unpaired) electrons. The molecule has 0 heterocycles. The van der Waals surface area contributed by atoms with E-state index in [1.807, 2.05) is 5.48 Å². The van der Waals surface area contributed by atoms with Gasteiger partial charge in [0.15, 0.2) is 0 Å². The van der Waals surface area contributed by atoms with Crippen molar-refractivity contribution in [3.05, 3.63) is 12.7 Å². The van der Waals surface area contributed by atoms with E-state index in [0.717, 1.165) is 0 Å². The van der Waals surface area contributed by atoms with Gasteiger partial charge in [-0.2, -0.15) is 0 Å². The minimum absolute atomic E-state index is 0.346. The van der Waals surface area contributed by atoms with E-state index in [9.17, 15) is 4.79 Å². The second kappa shape index (κ2) is 5.17. The van der Waals surface area contributed by atoms with Crippen molar-refractivity contribution >= 4 is 6.41 Å². The predicted molar refractivity (Wildman–Crippen MR) is 25.3 cm³/mol. The smallest absolute Gasteiger partial charge is 0.230 e. The van der Waals surface area contributed by atoms with Crippen molar-refractivity contribution in [1.82, 2.24) is 5.48 Å². The van der Waals surface area contributed by atoms with Crippen molar-refractivity contribution in [3.63, 3.8) is 0 Å². The molecule has 0 aliphatic carbocycles. The van der Waals surface area contributed by atoms with Crippen molar-refractivity contribution in [3.8, 4) is 0 Å². The molecule has 0 saturated heterocycles. The largest absolute Gasteiger partial charge is 0.277 e. The molecule has 0 rings (SSSR count). The minimum Gasteiger partial charge on any atom is -0.277 e. The molecule has 0 unspecified atom stereocenters. The van der Waals surface area contributed by atoms with Crippen LogP contribution in [0.25, 0.3) is 0 Å². The van der Waals surface area contributed by atoms with Gasteiger partial charge in [0.05, 0.1) is 6.61 Å². The molecule has 0 aliphatic heterocycles. The van der Waals surface area contributed by atoms with Gasteiger partial charge in [0, 0.05) is 0 Å². The molecule has 40 valence electrons. The van der Waals surface area contributed by atoms with Crippen LogP contribution in [-0.2, 0) is 9.63 Å². The molecule has 0 aliphatic rings. The lowest BCUT2D eigenvalue weighted by atomic mass is 10.7. The fraction of sp³-hybridized carbons (Fsp3) is 0.250. The highest BCUT2D eigenvalue weighted by atomic mass is 16.6. The average Bonchev–Trinajstić information content (AvgIpc) is 1.69. The number of hydrogen-bond donors (Lipinski definition) is 1. The summed E-state index contributed by atoms with van der Waals surface area (Å²) in [5, 5.41) is 0. The normalized spacial score (nSPS) is 7.43. The van der Waals surface area contributed by atoms with Crippen LogP contribution in [0.4, 0.5) is 0 Å². The van der Waals surface area contributed by atoms with E-state index in [1.54, 1.807) is 0 Å². The summed E-state index contributed by atoms with van der Waals surface area (Å²) in [5.41, 5.74) is 2.00. The molecule has 7 heavy (non-hydrogen) atoms. The maximum absolute atomic E-state index is 9.41. The molecule has 0 aromatic heterocycles. The summed E-state index contributed by atoms with van der Waals surface area (Å²) in [6.45, 7) is 3.70. The van der Waals surface area contributed by atoms with Crippen LogP contribution in [0.2, 0.25) is 0 Å². The first kappa shape index (κ1) is 6.17. The summed E-state index contributed by atoms with van der Waals surface area (Å²) < 4.78 is 0. The summed E-state index contributed by atoms with van der Waals surface area (Å²) in [4.78, 5) is 13.8. The van der Waals surface area contributed by atoms with Crippen molar-refractivity contribution < 1.29 is 9.63 Å². The molecule has 0 fully saturated rings. The van der Waals surface area contributed by atoms with E-state index in [0.29, 0.717) is 13.0 Å². The standard InChI is InChI=1S/C4H7NO2/c1-2-3-7-5-4-6/h2,4H,1,3H2,(H,5,6). The topological polar surface area (TPSA) is 38.3 Å². The van der Waals surface area contributed by atoms with Crippen LogP contribution in [0, 0.1) is 0 Å². The minimum atomic E-state index is 0.346. The Balaban J connectivity index is 2.68. The van der Waals surface area contributed by atoms with Crippen molar-refractivity contribution in [2.24, 2.45) is 0 Å². The summed E-state index contributed by atoms with van der Waals surface area (Å²) >= 11 is 0. The van der Waals surface area contributed by atoms with Gasteiger partial charge >= 0.3 is 0 Å². The first-order chi connectivity index (χ1) is 3.41. The molecule has 3 heteroatoms. The number of hydrogen-bond acceptors (Lipinski definition) is 2. The van der Waals surface area contributed by atoms with E-state index >= 15 is 0 Å². The van der Waals surface area contributed by atoms with E-state index in [4.69, 9.17) is 0 Å². The first-order valence-electron chi connectivity index (χ1n) is 1.83. The van der Waals surface area contributed by atoms with Crippen LogP contribution < -0.4 is 5.48 Å². The fourth-order valence-corrected chi connectivity index (χ4v) is 0.141. The Morgan fingerprint density at radius 1 is 1.86 bits per heavy atom. The third-order valence-electron chi connectivity index (χ3n) is 0.333. The lowest BCUT2D eigenvalue weighted by molar-refractivity contribution is -0.119. The molecule has 0 aromatic rings. The van der Waals surface area contributed by atoms with Crippen LogP contribution in [0.3, 0.4) is 0 Å². The van der Waals surface area contributed by atoms with Crippen LogP contribution in [-0.4, -0.2) is 13.0 Å². The monoisotopic (exact) mass is 101 g/mol. The number of hydroxylamine groups is 1. The SMILES string of the molecule is C=CCONC=O. The molecule has 1 N–H and O–H groups in total. The van der Waals surface area contributed by atoms with Crippen LogP contribution >= 0.6 is 0 Å². The summed E-state index contributed by atoms with van der Waals surface area (Å²) in [7, 11) is 0. The van der Waals surface area contributed by atoms with E-state index in [1.165, 1.54) is 6.08 Å². The molecule has 0 aromatic carbocycles. The highest BCUT2D eigenvalue weighted by Crippen LogP contribution is 1.61. The Morgan fingerprint density at radius 3 is 3.00 bits per heavy atom. The second-order valence-corrected chi connectivity index (χ2v) is 0.835. The van der Waals surface area contributed by atoms with Crippen LogP contribution in [0.5, 0.6) is 0 Å². The third-order valence-corrected chi connectivity index (χ3v) is 0.333.